The topological polar surface area (TPSA) is 90.9 Å². The molecule has 0 saturated heterocycles. The minimum atomic E-state index is -3.55. The van der Waals surface area contributed by atoms with Crippen molar-refractivity contribution in [2.75, 3.05) is 6.79 Å². The van der Waals surface area contributed by atoms with Crippen LogP contribution >= 0.6 is 11.6 Å². The number of rotatable bonds is 6. The van der Waals surface area contributed by atoms with Crippen LogP contribution in [0.3, 0.4) is 0 Å². The monoisotopic (exact) mass is 409 g/mol. The third-order valence-corrected chi connectivity index (χ3v) is 5.97. The van der Waals surface area contributed by atoms with Gasteiger partial charge in [0.1, 0.15) is 6.61 Å². The molecule has 1 heterocycles. The van der Waals surface area contributed by atoms with Crippen molar-refractivity contribution in [3.05, 3.63) is 52.5 Å². The molecule has 2 aromatic carbocycles. The van der Waals surface area contributed by atoms with Gasteiger partial charge in [0.05, 0.1) is 15.5 Å². The summed E-state index contributed by atoms with van der Waals surface area (Å²) in [5.41, 5.74) is 0.914. The highest BCUT2D eigenvalue weighted by atomic mass is 35.5. The van der Waals surface area contributed by atoms with Gasteiger partial charge in [-0.25, -0.2) is 17.9 Å². The van der Waals surface area contributed by atoms with E-state index in [1.54, 1.807) is 12.1 Å². The van der Waals surface area contributed by atoms with Crippen LogP contribution in [0.2, 0.25) is 5.02 Å². The molecule has 1 N–H and O–H groups in total. The van der Waals surface area contributed by atoms with E-state index in [4.69, 9.17) is 25.8 Å². The summed E-state index contributed by atoms with van der Waals surface area (Å²) in [4.78, 5) is 12.3. The number of carbonyl (C=O) groups is 1. The van der Waals surface area contributed by atoms with Crippen LogP contribution in [0.5, 0.6) is 11.5 Å². The highest BCUT2D eigenvalue weighted by Crippen LogP contribution is 2.39. The van der Waals surface area contributed by atoms with Crippen molar-refractivity contribution in [1.29, 1.82) is 0 Å². The van der Waals surface area contributed by atoms with Gasteiger partial charge < -0.3 is 14.2 Å². The van der Waals surface area contributed by atoms with Gasteiger partial charge in [-0.15, -0.1) is 0 Å². The van der Waals surface area contributed by atoms with Gasteiger partial charge in [-0.05, 0) is 54.8 Å². The molecule has 0 unspecified atom stereocenters. The van der Waals surface area contributed by atoms with Gasteiger partial charge >= 0.3 is 5.97 Å². The number of nitrogens with one attached hydrogen (secondary N) is 1. The minimum absolute atomic E-state index is 0.00151. The summed E-state index contributed by atoms with van der Waals surface area (Å²) in [7, 11) is -3.55. The number of hydrogen-bond acceptors (Lipinski definition) is 6. The zero-order valence-electron chi connectivity index (χ0n) is 14.1. The highest BCUT2D eigenvalue weighted by molar-refractivity contribution is 7.89. The molecule has 0 amide bonds. The van der Waals surface area contributed by atoms with E-state index >= 15 is 0 Å². The molecule has 0 aromatic heterocycles. The standard InChI is InChI=1S/C18H16ClNO6S/c19-15-7-11(8-16-17(15)26-10-25-16)9-24-18(21)12-1-5-14(6-2-12)27(22,23)20-13-3-4-13/h1-2,5-8,13,20H,3-4,9-10H2. The molecule has 0 bridgehead atoms. The molecule has 2 aromatic rings. The predicted octanol–water partition coefficient (Wildman–Crippen LogP) is 2.87. The van der Waals surface area contributed by atoms with E-state index in [0.717, 1.165) is 12.8 Å². The summed E-state index contributed by atoms with van der Waals surface area (Å²) in [5, 5.41) is 0.383. The number of ether oxygens (including phenoxy) is 3. The summed E-state index contributed by atoms with van der Waals surface area (Å²) < 4.78 is 42.6. The smallest absolute Gasteiger partial charge is 0.338 e. The van der Waals surface area contributed by atoms with Gasteiger partial charge in [-0.1, -0.05) is 11.6 Å². The molecule has 27 heavy (non-hydrogen) atoms. The fourth-order valence-electron chi connectivity index (χ4n) is 2.60. The summed E-state index contributed by atoms with van der Waals surface area (Å²) in [6.07, 6.45) is 1.71. The Hall–Kier alpha value is -2.29. The van der Waals surface area contributed by atoms with Crippen molar-refractivity contribution in [3.63, 3.8) is 0 Å². The summed E-state index contributed by atoms with van der Waals surface area (Å²) in [6.45, 7) is 0.0988. The number of esters is 1. The second-order valence-electron chi connectivity index (χ2n) is 6.31. The quantitative estimate of drug-likeness (QED) is 0.738. The third-order valence-electron chi connectivity index (χ3n) is 4.16. The summed E-state index contributed by atoms with van der Waals surface area (Å²) in [5.74, 6) is 0.414. The fourth-order valence-corrected chi connectivity index (χ4v) is 4.19. The van der Waals surface area contributed by atoms with E-state index in [9.17, 15) is 13.2 Å². The largest absolute Gasteiger partial charge is 0.457 e. The van der Waals surface area contributed by atoms with Gasteiger partial charge in [0.25, 0.3) is 0 Å². The van der Waals surface area contributed by atoms with Crippen molar-refractivity contribution in [2.45, 2.75) is 30.4 Å². The van der Waals surface area contributed by atoms with Crippen molar-refractivity contribution >= 4 is 27.6 Å². The van der Waals surface area contributed by atoms with E-state index in [1.807, 2.05) is 0 Å². The van der Waals surface area contributed by atoms with E-state index in [-0.39, 0.29) is 29.9 Å². The van der Waals surface area contributed by atoms with Crippen LogP contribution in [0.1, 0.15) is 28.8 Å². The first-order valence-electron chi connectivity index (χ1n) is 8.30. The Kier molecular flexibility index (Phi) is 4.71. The maximum absolute atomic E-state index is 12.2. The number of fused-ring (bicyclic) bond motifs is 1. The first kappa shape index (κ1) is 18.1. The molecular weight excluding hydrogens is 394 g/mol. The molecule has 142 valence electrons. The Morgan fingerprint density at radius 1 is 1.19 bits per heavy atom. The molecule has 0 radical (unpaired) electrons. The molecule has 1 fully saturated rings. The van der Waals surface area contributed by atoms with Crippen LogP contribution < -0.4 is 14.2 Å². The van der Waals surface area contributed by atoms with Crippen molar-refractivity contribution < 1.29 is 27.4 Å². The molecule has 9 heteroatoms. The van der Waals surface area contributed by atoms with Crippen molar-refractivity contribution in [2.24, 2.45) is 0 Å². The molecule has 7 nitrogen and oxygen atoms in total. The van der Waals surface area contributed by atoms with Crippen LogP contribution in [-0.2, 0) is 21.4 Å². The Labute approximate surface area is 161 Å². The Morgan fingerprint density at radius 2 is 1.93 bits per heavy atom. The predicted molar refractivity (Wildman–Crippen MR) is 96.5 cm³/mol. The van der Waals surface area contributed by atoms with E-state index in [2.05, 4.69) is 4.72 Å². The van der Waals surface area contributed by atoms with E-state index in [1.165, 1.54) is 24.3 Å². The van der Waals surface area contributed by atoms with E-state index in [0.29, 0.717) is 22.1 Å². The van der Waals surface area contributed by atoms with Gasteiger partial charge in [0.15, 0.2) is 11.5 Å². The number of sulfonamides is 1. The zero-order valence-corrected chi connectivity index (χ0v) is 15.7. The van der Waals surface area contributed by atoms with Gasteiger partial charge in [-0.2, -0.15) is 0 Å². The van der Waals surface area contributed by atoms with Crippen molar-refractivity contribution in [1.82, 2.24) is 4.72 Å². The molecular formula is C18H16ClNO6S. The molecule has 1 saturated carbocycles. The van der Waals surface area contributed by atoms with Crippen LogP contribution in [-0.4, -0.2) is 27.2 Å². The molecule has 1 aliphatic carbocycles. The number of halogens is 1. The molecule has 0 atom stereocenters. The van der Waals surface area contributed by atoms with Crippen LogP contribution in [0.4, 0.5) is 0 Å². The van der Waals surface area contributed by atoms with Crippen LogP contribution in [0.25, 0.3) is 0 Å². The first-order valence-corrected chi connectivity index (χ1v) is 10.2. The average molecular weight is 410 g/mol. The Bertz CT molecular complexity index is 986. The highest BCUT2D eigenvalue weighted by Gasteiger charge is 2.28. The number of carbonyl (C=O) groups excluding carboxylic acids is 1. The number of benzene rings is 2. The molecule has 1 aliphatic heterocycles. The molecule has 2 aliphatic rings. The van der Waals surface area contributed by atoms with Crippen LogP contribution in [0, 0.1) is 0 Å². The van der Waals surface area contributed by atoms with Gasteiger partial charge in [0.2, 0.25) is 16.8 Å². The first-order chi connectivity index (χ1) is 12.9. The van der Waals surface area contributed by atoms with Gasteiger partial charge in [-0.3, -0.25) is 0 Å². The summed E-state index contributed by atoms with van der Waals surface area (Å²) >= 11 is 6.10. The molecule has 0 spiro atoms. The maximum Gasteiger partial charge on any atom is 0.338 e. The fraction of sp³-hybridized carbons (Fsp3) is 0.278. The second kappa shape index (κ2) is 7.03. The SMILES string of the molecule is O=C(OCc1cc(Cl)c2c(c1)OCO2)c1ccc(S(=O)(=O)NC2CC2)cc1. The average Bonchev–Trinajstić information content (AvgIpc) is 3.31. The summed E-state index contributed by atoms with van der Waals surface area (Å²) in [6, 6.07) is 8.99. The lowest BCUT2D eigenvalue weighted by molar-refractivity contribution is 0.0472. The Morgan fingerprint density at radius 3 is 2.63 bits per heavy atom. The number of hydrogen-bond donors (Lipinski definition) is 1. The normalized spacial score (nSPS) is 15.6. The molecule has 4 rings (SSSR count). The minimum Gasteiger partial charge on any atom is -0.457 e. The maximum atomic E-state index is 12.2. The lowest BCUT2D eigenvalue weighted by Crippen LogP contribution is -2.25. The van der Waals surface area contributed by atoms with Crippen molar-refractivity contribution in [3.8, 4) is 11.5 Å². The lowest BCUT2D eigenvalue weighted by atomic mass is 10.2. The second-order valence-corrected chi connectivity index (χ2v) is 8.43. The lowest BCUT2D eigenvalue weighted by Gasteiger charge is -2.08. The third kappa shape index (κ3) is 4.02. The van der Waals surface area contributed by atoms with E-state index < -0.39 is 16.0 Å². The van der Waals surface area contributed by atoms with Crippen LogP contribution in [0.15, 0.2) is 41.3 Å². The Balaban J connectivity index is 1.40. The zero-order chi connectivity index (χ0) is 19.0. The van der Waals surface area contributed by atoms with Gasteiger partial charge in [0, 0.05) is 6.04 Å².